The fourth-order valence-corrected chi connectivity index (χ4v) is 2.85. The highest BCUT2D eigenvalue weighted by atomic mass is 16.3. The van der Waals surface area contributed by atoms with Crippen molar-refractivity contribution < 1.29 is 5.11 Å². The van der Waals surface area contributed by atoms with E-state index in [4.69, 9.17) is 0 Å². The van der Waals surface area contributed by atoms with E-state index in [-0.39, 0.29) is 5.41 Å². The van der Waals surface area contributed by atoms with Crippen LogP contribution in [0.25, 0.3) is 0 Å². The summed E-state index contributed by atoms with van der Waals surface area (Å²) in [5, 5.41) is 19.8. The summed E-state index contributed by atoms with van der Waals surface area (Å²) in [4.78, 5) is 0. The van der Waals surface area contributed by atoms with Gasteiger partial charge in [-0.25, -0.2) is 0 Å². The summed E-state index contributed by atoms with van der Waals surface area (Å²) in [6.45, 7) is 8.55. The lowest BCUT2D eigenvalue weighted by Crippen LogP contribution is -2.40. The molecule has 1 rings (SSSR count). The molecule has 2 nitrogen and oxygen atoms in total. The Labute approximate surface area is 99.7 Å². The van der Waals surface area contributed by atoms with Crippen LogP contribution in [0.15, 0.2) is 0 Å². The van der Waals surface area contributed by atoms with E-state index in [1.807, 2.05) is 0 Å². The lowest BCUT2D eigenvalue weighted by Gasteiger charge is -2.40. The van der Waals surface area contributed by atoms with Gasteiger partial charge in [0.25, 0.3) is 0 Å². The van der Waals surface area contributed by atoms with Crippen LogP contribution in [0.1, 0.15) is 59.8 Å². The monoisotopic (exact) mass is 223 g/mol. The third kappa shape index (κ3) is 3.22. The predicted octanol–water partition coefficient (Wildman–Crippen LogP) is 3.50. The molecule has 92 valence electrons. The van der Waals surface area contributed by atoms with Crippen molar-refractivity contribution in [1.29, 1.82) is 5.26 Å². The zero-order valence-electron chi connectivity index (χ0n) is 11.1. The highest BCUT2D eigenvalue weighted by molar-refractivity contribution is 5.06. The third-order valence-electron chi connectivity index (χ3n) is 3.70. The Kier molecular flexibility index (Phi) is 4.02. The highest BCUT2D eigenvalue weighted by Gasteiger charge is 2.42. The minimum atomic E-state index is -0.481. The Balaban J connectivity index is 2.76. The number of rotatable bonds is 2. The molecule has 16 heavy (non-hydrogen) atoms. The molecular weight excluding hydrogens is 198 g/mol. The van der Waals surface area contributed by atoms with Crippen LogP contribution in [-0.2, 0) is 0 Å². The maximum Gasteiger partial charge on any atom is 0.0835 e. The molecule has 0 aromatic rings. The molecule has 0 spiro atoms. The summed E-state index contributed by atoms with van der Waals surface area (Å²) >= 11 is 0. The Morgan fingerprint density at radius 2 is 2.12 bits per heavy atom. The van der Waals surface area contributed by atoms with Crippen LogP contribution >= 0.6 is 0 Å². The molecule has 0 amide bonds. The molecule has 0 bridgehead atoms. The molecule has 0 radical (unpaired) electrons. The smallest absolute Gasteiger partial charge is 0.0835 e. The lowest BCUT2D eigenvalue weighted by molar-refractivity contribution is -0.00279. The van der Waals surface area contributed by atoms with Crippen LogP contribution in [0, 0.1) is 28.1 Å². The second kappa shape index (κ2) is 4.75. The highest BCUT2D eigenvalue weighted by Crippen LogP contribution is 2.44. The van der Waals surface area contributed by atoms with E-state index in [0.717, 1.165) is 19.3 Å². The first-order valence-electron chi connectivity index (χ1n) is 6.38. The van der Waals surface area contributed by atoms with Crippen molar-refractivity contribution in [1.82, 2.24) is 0 Å². The van der Waals surface area contributed by atoms with Gasteiger partial charge in [0.15, 0.2) is 0 Å². The number of hydrogen-bond donors (Lipinski definition) is 1. The van der Waals surface area contributed by atoms with E-state index in [2.05, 4.69) is 33.8 Å². The number of nitriles is 1. The number of nitrogens with zero attached hydrogens (tertiary/aromatic N) is 1. The van der Waals surface area contributed by atoms with Crippen molar-refractivity contribution in [3.8, 4) is 6.07 Å². The summed E-state index contributed by atoms with van der Waals surface area (Å²) in [5.74, 6) is 0.572. The zero-order chi connectivity index (χ0) is 12.4. The summed E-state index contributed by atoms with van der Waals surface area (Å²) < 4.78 is 0. The molecule has 1 fully saturated rings. The molecule has 1 N–H and O–H groups in total. The van der Waals surface area contributed by atoms with Crippen LogP contribution in [-0.4, -0.2) is 11.2 Å². The standard InChI is InChI=1S/C14H25NO/c1-11-6-5-7-14(8-11,10-15)12(16)9-13(2,3)4/h11-12,16H,5-9H2,1-4H3. The average Bonchev–Trinajstić information content (AvgIpc) is 2.14. The fourth-order valence-electron chi connectivity index (χ4n) is 2.85. The third-order valence-corrected chi connectivity index (χ3v) is 3.70. The zero-order valence-corrected chi connectivity index (χ0v) is 11.1. The van der Waals surface area contributed by atoms with Gasteiger partial charge in [0.2, 0.25) is 0 Å². The quantitative estimate of drug-likeness (QED) is 0.778. The van der Waals surface area contributed by atoms with Gasteiger partial charge in [-0.1, -0.05) is 40.5 Å². The van der Waals surface area contributed by atoms with Gasteiger partial charge in [0, 0.05) is 0 Å². The molecule has 3 atom stereocenters. The van der Waals surface area contributed by atoms with Crippen LogP contribution in [0.3, 0.4) is 0 Å². The predicted molar refractivity (Wildman–Crippen MR) is 65.8 cm³/mol. The number of aliphatic hydroxyl groups is 1. The van der Waals surface area contributed by atoms with Gasteiger partial charge in [-0.3, -0.25) is 0 Å². The van der Waals surface area contributed by atoms with Gasteiger partial charge in [-0.2, -0.15) is 5.26 Å². The molecule has 2 heteroatoms. The normalized spacial score (nSPS) is 33.1. The van der Waals surface area contributed by atoms with Crippen molar-refractivity contribution in [2.75, 3.05) is 0 Å². The molecule has 3 unspecified atom stereocenters. The molecule has 0 aliphatic heterocycles. The largest absolute Gasteiger partial charge is 0.391 e. The Morgan fingerprint density at radius 1 is 1.50 bits per heavy atom. The van der Waals surface area contributed by atoms with Crippen LogP contribution in [0.5, 0.6) is 0 Å². The second-order valence-electron chi connectivity index (χ2n) is 6.75. The first kappa shape index (κ1) is 13.5. The van der Waals surface area contributed by atoms with Crippen molar-refractivity contribution in [3.05, 3.63) is 0 Å². The van der Waals surface area contributed by atoms with E-state index in [1.165, 1.54) is 6.42 Å². The molecule has 0 heterocycles. The van der Waals surface area contributed by atoms with Gasteiger partial charge < -0.3 is 5.11 Å². The molecular formula is C14H25NO. The first-order valence-corrected chi connectivity index (χ1v) is 6.38. The van der Waals surface area contributed by atoms with Gasteiger partial charge in [-0.05, 0) is 30.6 Å². The second-order valence-corrected chi connectivity index (χ2v) is 6.75. The lowest BCUT2D eigenvalue weighted by atomic mass is 9.65. The molecule has 1 saturated carbocycles. The van der Waals surface area contributed by atoms with E-state index in [0.29, 0.717) is 12.3 Å². The van der Waals surface area contributed by atoms with Gasteiger partial charge in [0.05, 0.1) is 17.6 Å². The summed E-state index contributed by atoms with van der Waals surface area (Å²) in [6.07, 6.45) is 4.25. The summed E-state index contributed by atoms with van der Waals surface area (Å²) in [7, 11) is 0. The van der Waals surface area contributed by atoms with E-state index in [1.54, 1.807) is 0 Å². The molecule has 0 saturated heterocycles. The van der Waals surface area contributed by atoms with Gasteiger partial charge >= 0.3 is 0 Å². The van der Waals surface area contributed by atoms with E-state index >= 15 is 0 Å². The van der Waals surface area contributed by atoms with Crippen molar-refractivity contribution >= 4 is 0 Å². The van der Waals surface area contributed by atoms with E-state index < -0.39 is 11.5 Å². The minimum absolute atomic E-state index is 0.0873. The van der Waals surface area contributed by atoms with E-state index in [9.17, 15) is 10.4 Å². The van der Waals surface area contributed by atoms with Crippen molar-refractivity contribution in [2.24, 2.45) is 16.7 Å². The van der Waals surface area contributed by atoms with Crippen molar-refractivity contribution in [3.63, 3.8) is 0 Å². The Hall–Kier alpha value is -0.550. The molecule has 0 aromatic carbocycles. The summed E-state index contributed by atoms with van der Waals surface area (Å²) in [6, 6.07) is 2.42. The number of hydrogen-bond acceptors (Lipinski definition) is 2. The number of aliphatic hydroxyl groups excluding tert-OH is 1. The van der Waals surface area contributed by atoms with Crippen LogP contribution in [0.4, 0.5) is 0 Å². The Morgan fingerprint density at radius 3 is 2.56 bits per heavy atom. The van der Waals surface area contributed by atoms with Gasteiger partial charge in [0.1, 0.15) is 0 Å². The SMILES string of the molecule is CC1CCCC(C#N)(C(O)CC(C)(C)C)C1. The molecule has 1 aliphatic carbocycles. The van der Waals surface area contributed by atoms with Crippen LogP contribution < -0.4 is 0 Å². The fraction of sp³-hybridized carbons (Fsp3) is 0.929. The molecule has 1 aliphatic rings. The minimum Gasteiger partial charge on any atom is -0.391 e. The molecule has 0 aromatic heterocycles. The van der Waals surface area contributed by atoms with Gasteiger partial charge in [-0.15, -0.1) is 0 Å². The maximum absolute atomic E-state index is 10.4. The topological polar surface area (TPSA) is 44.0 Å². The van der Waals surface area contributed by atoms with Crippen LogP contribution in [0.2, 0.25) is 0 Å². The average molecular weight is 223 g/mol. The Bertz CT molecular complexity index is 273. The maximum atomic E-state index is 10.4. The van der Waals surface area contributed by atoms with Crippen molar-refractivity contribution in [2.45, 2.75) is 65.9 Å². The first-order chi connectivity index (χ1) is 7.29. The summed E-state index contributed by atoms with van der Waals surface area (Å²) in [5.41, 5.74) is -0.394.